The molecular weight excluding hydrogens is 186 g/mol. The first-order chi connectivity index (χ1) is 6.90. The number of ketones is 1. The minimum atomic E-state index is -0.0868. The van der Waals surface area contributed by atoms with Gasteiger partial charge in [-0.1, -0.05) is 19.2 Å². The van der Waals surface area contributed by atoms with Crippen LogP contribution in [0.3, 0.4) is 0 Å². The zero-order valence-electron chi connectivity index (χ0n) is 10.2. The smallest absolute Gasteiger partial charge is 0.186 e. The minimum absolute atomic E-state index is 0.0868. The second kappa shape index (κ2) is 6.23. The third kappa shape index (κ3) is 4.63. The quantitative estimate of drug-likeness (QED) is 0.493. The Morgan fingerprint density at radius 1 is 1.20 bits per heavy atom. The van der Waals surface area contributed by atoms with Crippen LogP contribution in [-0.2, 0) is 4.79 Å². The first-order valence-electron chi connectivity index (χ1n) is 5.21. The first kappa shape index (κ1) is 13.7. The van der Waals surface area contributed by atoms with E-state index in [1.807, 2.05) is 6.20 Å². The zero-order chi connectivity index (χ0) is 12.0. The fourth-order valence-electron chi connectivity index (χ4n) is 1.30. The van der Waals surface area contributed by atoms with Crippen LogP contribution in [-0.4, -0.2) is 22.8 Å². The molecule has 0 aliphatic carbocycles. The maximum Gasteiger partial charge on any atom is 0.186 e. The van der Waals surface area contributed by atoms with Crippen LogP contribution >= 0.6 is 0 Å². The lowest BCUT2D eigenvalue weighted by Crippen LogP contribution is -2.32. The summed E-state index contributed by atoms with van der Waals surface area (Å²) in [5.41, 5.74) is 0.429. The fraction of sp³-hybridized carbons (Fsp3) is 0.462. The molecule has 2 nitrogen and oxygen atoms in total. The summed E-state index contributed by atoms with van der Waals surface area (Å²) in [6.07, 6.45) is 4.85. The summed E-state index contributed by atoms with van der Waals surface area (Å²) in [5.74, 6) is -0.0868. The average Bonchev–Trinajstić information content (AvgIpc) is 2.15. The molecule has 0 spiro atoms. The molecule has 0 unspecified atom stereocenters. The molecule has 0 amide bonds. The van der Waals surface area contributed by atoms with Crippen molar-refractivity contribution in [2.24, 2.45) is 0 Å². The van der Waals surface area contributed by atoms with Gasteiger partial charge in [0.15, 0.2) is 5.78 Å². The van der Waals surface area contributed by atoms with Crippen LogP contribution in [0, 0.1) is 0 Å². The summed E-state index contributed by atoms with van der Waals surface area (Å²) in [4.78, 5) is 13.6. The van der Waals surface area contributed by atoms with E-state index in [-0.39, 0.29) is 5.78 Å². The highest BCUT2D eigenvalue weighted by Crippen LogP contribution is 2.06. The van der Waals surface area contributed by atoms with E-state index in [0.717, 1.165) is 0 Å². The van der Waals surface area contributed by atoms with Crippen molar-refractivity contribution in [2.75, 3.05) is 0 Å². The average molecular weight is 207 g/mol. The first-order valence-corrected chi connectivity index (χ1v) is 5.21. The summed E-state index contributed by atoms with van der Waals surface area (Å²) >= 11 is 0. The molecule has 84 valence electrons. The summed E-state index contributed by atoms with van der Waals surface area (Å²) in [5, 5.41) is 0. The minimum Gasteiger partial charge on any atom is -0.372 e. The van der Waals surface area contributed by atoms with Crippen molar-refractivity contribution in [3.63, 3.8) is 0 Å². The van der Waals surface area contributed by atoms with Crippen LogP contribution in [0.5, 0.6) is 0 Å². The molecule has 0 radical (unpaired) electrons. The number of nitrogens with zero attached hydrogens (tertiary/aromatic N) is 1. The van der Waals surface area contributed by atoms with Crippen molar-refractivity contribution in [2.45, 2.75) is 39.8 Å². The van der Waals surface area contributed by atoms with E-state index < -0.39 is 0 Å². The van der Waals surface area contributed by atoms with E-state index in [1.54, 1.807) is 6.08 Å². The summed E-state index contributed by atoms with van der Waals surface area (Å²) in [6, 6.07) is 0.761. The molecule has 2 heteroatoms. The highest BCUT2D eigenvalue weighted by Gasteiger charge is 2.08. The topological polar surface area (TPSA) is 20.3 Å². The molecule has 0 saturated heterocycles. The molecule has 0 aromatic carbocycles. The highest BCUT2D eigenvalue weighted by molar-refractivity contribution is 6.05. The van der Waals surface area contributed by atoms with Crippen LogP contribution in [0.1, 0.15) is 27.7 Å². The SMILES string of the molecule is C=CC(=C)C(=O)C=CN(C(C)C)C(C)C. The van der Waals surface area contributed by atoms with Crippen molar-refractivity contribution in [1.29, 1.82) is 0 Å². The van der Waals surface area contributed by atoms with E-state index >= 15 is 0 Å². The molecule has 0 saturated carbocycles. The second-order valence-corrected chi connectivity index (χ2v) is 4.04. The molecule has 0 bridgehead atoms. The van der Waals surface area contributed by atoms with Gasteiger partial charge in [-0.3, -0.25) is 4.79 Å². The van der Waals surface area contributed by atoms with Gasteiger partial charge in [-0.05, 0) is 27.7 Å². The van der Waals surface area contributed by atoms with Gasteiger partial charge in [0.05, 0.1) is 0 Å². The van der Waals surface area contributed by atoms with Gasteiger partial charge in [-0.25, -0.2) is 0 Å². The molecule has 0 rings (SSSR count). The van der Waals surface area contributed by atoms with Crippen molar-refractivity contribution in [1.82, 2.24) is 4.90 Å². The summed E-state index contributed by atoms with van der Waals surface area (Å²) in [6.45, 7) is 15.5. The monoisotopic (exact) mass is 207 g/mol. The van der Waals surface area contributed by atoms with E-state index in [1.165, 1.54) is 6.08 Å². The number of allylic oxidation sites excluding steroid dienone is 3. The van der Waals surface area contributed by atoms with E-state index in [4.69, 9.17) is 0 Å². The van der Waals surface area contributed by atoms with Crippen LogP contribution in [0.15, 0.2) is 37.1 Å². The Morgan fingerprint density at radius 2 is 1.67 bits per heavy atom. The Balaban J connectivity index is 4.54. The molecule has 0 aliphatic heterocycles. The Kier molecular flexibility index (Phi) is 5.68. The predicted molar refractivity (Wildman–Crippen MR) is 65.6 cm³/mol. The maximum absolute atomic E-state index is 11.4. The van der Waals surface area contributed by atoms with Crippen molar-refractivity contribution >= 4 is 5.78 Å². The maximum atomic E-state index is 11.4. The second-order valence-electron chi connectivity index (χ2n) is 4.04. The number of carbonyl (C=O) groups excluding carboxylic acids is 1. The standard InChI is InChI=1S/C13H21NO/c1-7-12(6)13(15)8-9-14(10(2)3)11(4)5/h7-11H,1,6H2,2-5H3. The van der Waals surface area contributed by atoms with Gasteiger partial charge in [0.2, 0.25) is 0 Å². The van der Waals surface area contributed by atoms with Gasteiger partial charge in [0, 0.05) is 29.9 Å². The van der Waals surface area contributed by atoms with E-state index in [0.29, 0.717) is 17.7 Å². The molecule has 0 fully saturated rings. The largest absolute Gasteiger partial charge is 0.372 e. The Labute approximate surface area is 93.0 Å². The Morgan fingerprint density at radius 3 is 2.00 bits per heavy atom. The lowest BCUT2D eigenvalue weighted by Gasteiger charge is -2.29. The fourth-order valence-corrected chi connectivity index (χ4v) is 1.30. The van der Waals surface area contributed by atoms with Crippen LogP contribution in [0.25, 0.3) is 0 Å². The van der Waals surface area contributed by atoms with E-state index in [2.05, 4.69) is 45.8 Å². The predicted octanol–water partition coefficient (Wildman–Crippen LogP) is 2.93. The number of carbonyl (C=O) groups is 1. The van der Waals surface area contributed by atoms with Gasteiger partial charge in [0.1, 0.15) is 0 Å². The van der Waals surface area contributed by atoms with E-state index in [9.17, 15) is 4.79 Å². The molecule has 0 N–H and O–H groups in total. The lowest BCUT2D eigenvalue weighted by atomic mass is 10.2. The van der Waals surface area contributed by atoms with Gasteiger partial charge in [0.25, 0.3) is 0 Å². The molecule has 0 atom stereocenters. The van der Waals surface area contributed by atoms with Crippen molar-refractivity contribution < 1.29 is 4.79 Å². The Hall–Kier alpha value is -1.31. The van der Waals surface area contributed by atoms with Crippen LogP contribution in [0.4, 0.5) is 0 Å². The third-order valence-corrected chi connectivity index (χ3v) is 2.15. The van der Waals surface area contributed by atoms with Gasteiger partial charge < -0.3 is 4.90 Å². The number of hydrogen-bond donors (Lipinski definition) is 0. The number of rotatable bonds is 6. The molecule has 0 aliphatic rings. The zero-order valence-corrected chi connectivity index (χ0v) is 10.2. The third-order valence-electron chi connectivity index (χ3n) is 2.15. The lowest BCUT2D eigenvalue weighted by molar-refractivity contribution is -0.111. The number of hydrogen-bond acceptors (Lipinski definition) is 2. The summed E-state index contributed by atoms with van der Waals surface area (Å²) in [7, 11) is 0. The molecule has 0 aromatic heterocycles. The van der Waals surface area contributed by atoms with Crippen LogP contribution < -0.4 is 0 Å². The molecule has 0 aromatic rings. The van der Waals surface area contributed by atoms with Gasteiger partial charge >= 0.3 is 0 Å². The Bertz CT molecular complexity index is 266. The van der Waals surface area contributed by atoms with Crippen molar-refractivity contribution in [3.05, 3.63) is 37.1 Å². The normalized spacial score (nSPS) is 11.1. The molecule has 15 heavy (non-hydrogen) atoms. The van der Waals surface area contributed by atoms with Gasteiger partial charge in [-0.2, -0.15) is 0 Å². The van der Waals surface area contributed by atoms with Crippen molar-refractivity contribution in [3.8, 4) is 0 Å². The molecule has 0 heterocycles. The summed E-state index contributed by atoms with van der Waals surface area (Å²) < 4.78 is 0. The van der Waals surface area contributed by atoms with Gasteiger partial charge in [-0.15, -0.1) is 0 Å². The van der Waals surface area contributed by atoms with Crippen LogP contribution in [0.2, 0.25) is 0 Å². The highest BCUT2D eigenvalue weighted by atomic mass is 16.1. The molecular formula is C13H21NO.